The standard InChI is InChI=1S/C15H15N3OS2/c1-9-4-5-13(10(2)6-9)14-16-12(7-19-14)8-20-15-18-17-11(3)21-15/h4-7H,8H2,1-3H3. The molecule has 0 fully saturated rings. The van der Waals surface area contributed by atoms with Crippen LogP contribution in [0.25, 0.3) is 11.5 Å². The summed E-state index contributed by atoms with van der Waals surface area (Å²) in [6, 6.07) is 6.27. The highest BCUT2D eigenvalue weighted by molar-refractivity contribution is 8.00. The van der Waals surface area contributed by atoms with E-state index < -0.39 is 0 Å². The topological polar surface area (TPSA) is 51.8 Å². The minimum Gasteiger partial charge on any atom is -0.444 e. The average molecular weight is 317 g/mol. The Morgan fingerprint density at radius 1 is 1.19 bits per heavy atom. The highest BCUT2D eigenvalue weighted by Gasteiger charge is 2.10. The maximum atomic E-state index is 5.61. The lowest BCUT2D eigenvalue weighted by atomic mass is 10.1. The van der Waals surface area contributed by atoms with Crippen LogP contribution in [0.1, 0.15) is 21.8 Å². The van der Waals surface area contributed by atoms with Crippen LogP contribution >= 0.6 is 23.1 Å². The molecule has 3 rings (SSSR count). The summed E-state index contributed by atoms with van der Waals surface area (Å²) in [6.45, 7) is 6.11. The van der Waals surface area contributed by atoms with Crippen molar-refractivity contribution in [2.24, 2.45) is 0 Å². The van der Waals surface area contributed by atoms with Crippen LogP contribution < -0.4 is 0 Å². The van der Waals surface area contributed by atoms with E-state index in [9.17, 15) is 0 Å². The second-order valence-corrected chi connectivity index (χ2v) is 7.24. The summed E-state index contributed by atoms with van der Waals surface area (Å²) < 4.78 is 6.57. The van der Waals surface area contributed by atoms with E-state index in [1.54, 1.807) is 29.4 Å². The minimum absolute atomic E-state index is 0.677. The molecule has 2 aromatic heterocycles. The Kier molecular flexibility index (Phi) is 4.07. The molecular weight excluding hydrogens is 302 g/mol. The lowest BCUT2D eigenvalue weighted by molar-refractivity contribution is 0.573. The number of nitrogens with zero attached hydrogens (tertiary/aromatic N) is 3. The summed E-state index contributed by atoms with van der Waals surface area (Å²) in [7, 11) is 0. The van der Waals surface area contributed by atoms with E-state index in [1.807, 2.05) is 6.92 Å². The summed E-state index contributed by atoms with van der Waals surface area (Å²) in [6.07, 6.45) is 1.72. The molecule has 0 atom stereocenters. The maximum absolute atomic E-state index is 5.61. The van der Waals surface area contributed by atoms with Gasteiger partial charge in [0.2, 0.25) is 5.89 Å². The molecule has 1 aromatic carbocycles. The van der Waals surface area contributed by atoms with Crippen LogP contribution in [0.3, 0.4) is 0 Å². The largest absolute Gasteiger partial charge is 0.444 e. The zero-order valence-corrected chi connectivity index (χ0v) is 13.7. The van der Waals surface area contributed by atoms with Crippen LogP contribution in [0.2, 0.25) is 0 Å². The average Bonchev–Trinajstić information content (AvgIpc) is 3.05. The summed E-state index contributed by atoms with van der Waals surface area (Å²) in [5, 5.41) is 9.08. The number of oxazole rings is 1. The summed E-state index contributed by atoms with van der Waals surface area (Å²) >= 11 is 3.23. The Morgan fingerprint density at radius 3 is 2.76 bits per heavy atom. The molecule has 0 N–H and O–H groups in total. The lowest BCUT2D eigenvalue weighted by Crippen LogP contribution is -1.86. The fourth-order valence-corrected chi connectivity index (χ4v) is 3.72. The van der Waals surface area contributed by atoms with Gasteiger partial charge in [-0.2, -0.15) is 0 Å². The Hall–Kier alpha value is -1.66. The van der Waals surface area contributed by atoms with Gasteiger partial charge in [0.15, 0.2) is 4.34 Å². The Morgan fingerprint density at radius 2 is 2.05 bits per heavy atom. The summed E-state index contributed by atoms with van der Waals surface area (Å²) in [5.41, 5.74) is 4.38. The van der Waals surface area contributed by atoms with Crippen molar-refractivity contribution in [3.8, 4) is 11.5 Å². The van der Waals surface area contributed by atoms with Crippen LogP contribution in [0.15, 0.2) is 33.2 Å². The van der Waals surface area contributed by atoms with Gasteiger partial charge in [0.1, 0.15) is 11.3 Å². The van der Waals surface area contributed by atoms with Gasteiger partial charge in [-0.3, -0.25) is 0 Å². The number of benzene rings is 1. The summed E-state index contributed by atoms with van der Waals surface area (Å²) in [5.74, 6) is 1.42. The van der Waals surface area contributed by atoms with E-state index in [2.05, 4.69) is 47.2 Å². The molecule has 0 aliphatic heterocycles. The molecule has 0 saturated carbocycles. The quantitative estimate of drug-likeness (QED) is 0.667. The van der Waals surface area contributed by atoms with E-state index in [0.29, 0.717) is 5.89 Å². The number of hydrogen-bond acceptors (Lipinski definition) is 6. The van der Waals surface area contributed by atoms with Crippen molar-refractivity contribution in [2.75, 3.05) is 0 Å². The molecule has 0 radical (unpaired) electrons. The minimum atomic E-state index is 0.677. The molecule has 108 valence electrons. The highest BCUT2D eigenvalue weighted by atomic mass is 32.2. The van der Waals surface area contributed by atoms with Crippen molar-refractivity contribution in [1.82, 2.24) is 15.2 Å². The Bertz CT molecular complexity index is 764. The molecule has 0 saturated heterocycles. The maximum Gasteiger partial charge on any atom is 0.226 e. The zero-order chi connectivity index (χ0) is 14.8. The third kappa shape index (κ3) is 3.33. The van der Waals surface area contributed by atoms with Crippen molar-refractivity contribution >= 4 is 23.1 Å². The van der Waals surface area contributed by atoms with Crippen molar-refractivity contribution in [3.63, 3.8) is 0 Å². The lowest BCUT2D eigenvalue weighted by Gasteiger charge is -2.02. The molecule has 0 unspecified atom stereocenters. The molecule has 0 amide bonds. The van der Waals surface area contributed by atoms with Gasteiger partial charge in [0, 0.05) is 11.3 Å². The summed E-state index contributed by atoms with van der Waals surface area (Å²) in [4.78, 5) is 4.56. The molecule has 0 bridgehead atoms. The van der Waals surface area contributed by atoms with Gasteiger partial charge in [-0.25, -0.2) is 4.98 Å². The first-order valence-corrected chi connectivity index (χ1v) is 8.37. The van der Waals surface area contributed by atoms with Crippen LogP contribution in [0, 0.1) is 20.8 Å². The van der Waals surface area contributed by atoms with E-state index in [4.69, 9.17) is 4.42 Å². The van der Waals surface area contributed by atoms with Crippen LogP contribution in [-0.4, -0.2) is 15.2 Å². The molecule has 0 spiro atoms. The SMILES string of the molecule is Cc1ccc(-c2nc(CSc3nnc(C)s3)co2)c(C)c1. The first-order valence-electron chi connectivity index (χ1n) is 6.57. The van der Waals surface area contributed by atoms with E-state index >= 15 is 0 Å². The molecular formula is C15H15N3OS2. The fraction of sp³-hybridized carbons (Fsp3) is 0.267. The predicted molar refractivity (Wildman–Crippen MR) is 85.6 cm³/mol. The van der Waals surface area contributed by atoms with Crippen LogP contribution in [0.5, 0.6) is 0 Å². The van der Waals surface area contributed by atoms with Gasteiger partial charge in [-0.15, -0.1) is 10.2 Å². The fourth-order valence-electron chi connectivity index (χ4n) is 2.02. The molecule has 4 nitrogen and oxygen atoms in total. The smallest absolute Gasteiger partial charge is 0.226 e. The number of thioether (sulfide) groups is 1. The van der Waals surface area contributed by atoms with Crippen molar-refractivity contribution < 1.29 is 4.42 Å². The molecule has 2 heterocycles. The number of aromatic nitrogens is 3. The van der Waals surface area contributed by atoms with Gasteiger partial charge < -0.3 is 4.42 Å². The molecule has 0 aliphatic carbocycles. The number of hydrogen-bond donors (Lipinski definition) is 0. The molecule has 3 aromatic rings. The van der Waals surface area contributed by atoms with Gasteiger partial charge >= 0.3 is 0 Å². The number of rotatable bonds is 4. The van der Waals surface area contributed by atoms with Gasteiger partial charge in [0.25, 0.3) is 0 Å². The van der Waals surface area contributed by atoms with E-state index in [-0.39, 0.29) is 0 Å². The second kappa shape index (κ2) is 5.99. The molecule has 21 heavy (non-hydrogen) atoms. The third-order valence-corrected chi connectivity index (χ3v) is 5.02. The van der Waals surface area contributed by atoms with Crippen LogP contribution in [0.4, 0.5) is 0 Å². The monoisotopic (exact) mass is 317 g/mol. The first-order chi connectivity index (χ1) is 10.1. The van der Waals surface area contributed by atoms with E-state index in [1.165, 1.54) is 11.1 Å². The van der Waals surface area contributed by atoms with Crippen molar-refractivity contribution in [3.05, 3.63) is 46.3 Å². The van der Waals surface area contributed by atoms with Crippen molar-refractivity contribution in [1.29, 1.82) is 0 Å². The van der Waals surface area contributed by atoms with Gasteiger partial charge in [-0.05, 0) is 32.4 Å². The van der Waals surface area contributed by atoms with Crippen LogP contribution in [-0.2, 0) is 5.75 Å². The zero-order valence-electron chi connectivity index (χ0n) is 12.1. The normalized spacial score (nSPS) is 11.0. The predicted octanol–water partition coefficient (Wildman–Crippen LogP) is 4.41. The Balaban J connectivity index is 1.74. The third-order valence-electron chi connectivity index (χ3n) is 3.02. The van der Waals surface area contributed by atoms with E-state index in [0.717, 1.165) is 26.4 Å². The Labute approximate surface area is 131 Å². The van der Waals surface area contributed by atoms with Gasteiger partial charge in [-0.1, -0.05) is 40.8 Å². The molecule has 6 heteroatoms. The number of aryl methyl sites for hydroxylation is 3. The molecule has 0 aliphatic rings. The highest BCUT2D eigenvalue weighted by Crippen LogP contribution is 2.28. The van der Waals surface area contributed by atoms with Gasteiger partial charge in [0.05, 0.1) is 5.69 Å². The second-order valence-electron chi connectivity index (χ2n) is 4.84. The first kappa shape index (κ1) is 14.3. The van der Waals surface area contributed by atoms with Crippen molar-refractivity contribution in [2.45, 2.75) is 30.9 Å².